The fraction of sp³-hybridized carbons (Fsp3) is 0.846. The number of hydrogen-bond donors (Lipinski definition) is 2. The van der Waals surface area contributed by atoms with Crippen LogP contribution in [0.4, 0.5) is 0 Å². The number of likely N-dealkylation sites (N-methyl/N-ethyl adjacent to an activating group) is 1. The van der Waals surface area contributed by atoms with Crippen molar-refractivity contribution >= 4 is 11.9 Å². The molecule has 0 saturated heterocycles. The van der Waals surface area contributed by atoms with Crippen molar-refractivity contribution in [2.75, 3.05) is 20.6 Å². The van der Waals surface area contributed by atoms with Crippen LogP contribution in [0.5, 0.6) is 0 Å². The van der Waals surface area contributed by atoms with Gasteiger partial charge in [-0.2, -0.15) is 0 Å². The minimum Gasteiger partial charge on any atom is -0.480 e. The third-order valence-corrected chi connectivity index (χ3v) is 5.80. The molecule has 31 heavy (non-hydrogen) atoms. The number of nitrogens with zero attached hydrogens (tertiary/aromatic N) is 1. The van der Waals surface area contributed by atoms with Crippen LogP contribution in [0.2, 0.25) is 0 Å². The normalized spacial score (nSPS) is 12.5. The third kappa shape index (κ3) is 20.3. The summed E-state index contributed by atoms with van der Waals surface area (Å²) < 4.78 is 0. The van der Waals surface area contributed by atoms with Gasteiger partial charge in [0.15, 0.2) is 0 Å². The Labute approximate surface area is 192 Å². The zero-order valence-corrected chi connectivity index (χ0v) is 20.7. The monoisotopic (exact) mass is 438 g/mol. The Morgan fingerprint density at radius 1 is 0.806 bits per heavy atom. The van der Waals surface area contributed by atoms with Crippen LogP contribution in [0.15, 0.2) is 12.2 Å². The molecule has 0 saturated carbocycles. The number of amides is 1. The molecule has 2 N–H and O–H groups in total. The second-order valence-corrected chi connectivity index (χ2v) is 9.00. The Hall–Kier alpha value is -1.36. The molecule has 0 aromatic rings. The van der Waals surface area contributed by atoms with E-state index >= 15 is 0 Å². The van der Waals surface area contributed by atoms with Crippen LogP contribution in [0.25, 0.3) is 0 Å². The van der Waals surface area contributed by atoms with Crippen LogP contribution in [0.1, 0.15) is 116 Å². The summed E-state index contributed by atoms with van der Waals surface area (Å²) in [5, 5.41) is 12.1. The Kier molecular flexibility index (Phi) is 20.9. The number of carbonyl (C=O) groups excluding carboxylic acids is 1. The van der Waals surface area contributed by atoms with Crippen LogP contribution in [-0.2, 0) is 9.59 Å². The van der Waals surface area contributed by atoms with Crippen molar-refractivity contribution in [3.63, 3.8) is 0 Å². The van der Waals surface area contributed by atoms with Gasteiger partial charge < -0.3 is 10.4 Å². The Morgan fingerprint density at radius 2 is 1.35 bits per heavy atom. The standard InChI is InChI=1S/C26H50N2O3/c1-4-5-6-7-8-9-10-11-12-13-14-15-16-17-18-22-25(29)27-23-20-19-21-24(26(30)31)28(2)3/h12-13,24H,4-11,14-23H2,1-3H3,(H,27,29)(H,30,31)/b13-12+/t24-/m0/s1. The van der Waals surface area contributed by atoms with Crippen molar-refractivity contribution in [3.8, 4) is 0 Å². The summed E-state index contributed by atoms with van der Waals surface area (Å²) in [7, 11) is 3.57. The van der Waals surface area contributed by atoms with Crippen molar-refractivity contribution in [2.45, 2.75) is 122 Å². The Bertz CT molecular complexity index is 464. The van der Waals surface area contributed by atoms with E-state index < -0.39 is 12.0 Å². The summed E-state index contributed by atoms with van der Waals surface area (Å²) in [6.45, 7) is 2.90. The predicted molar refractivity (Wildman–Crippen MR) is 131 cm³/mol. The van der Waals surface area contributed by atoms with Crippen molar-refractivity contribution in [1.29, 1.82) is 0 Å². The summed E-state index contributed by atoms with van der Waals surface area (Å²) in [6.07, 6.45) is 24.0. The lowest BCUT2D eigenvalue weighted by Gasteiger charge is -2.19. The second-order valence-electron chi connectivity index (χ2n) is 9.00. The molecule has 0 aliphatic heterocycles. The molecule has 0 bridgehead atoms. The van der Waals surface area contributed by atoms with Gasteiger partial charge in [0.25, 0.3) is 0 Å². The largest absolute Gasteiger partial charge is 0.480 e. The zero-order chi connectivity index (χ0) is 23.2. The van der Waals surface area contributed by atoms with Crippen molar-refractivity contribution in [3.05, 3.63) is 12.2 Å². The third-order valence-electron chi connectivity index (χ3n) is 5.80. The van der Waals surface area contributed by atoms with Gasteiger partial charge in [-0.1, -0.05) is 70.4 Å². The number of hydrogen-bond acceptors (Lipinski definition) is 3. The number of unbranched alkanes of at least 4 members (excludes halogenated alkanes) is 12. The highest BCUT2D eigenvalue weighted by atomic mass is 16.4. The van der Waals surface area contributed by atoms with Gasteiger partial charge in [-0.3, -0.25) is 14.5 Å². The van der Waals surface area contributed by atoms with E-state index in [1.807, 2.05) is 0 Å². The highest BCUT2D eigenvalue weighted by molar-refractivity contribution is 5.75. The van der Waals surface area contributed by atoms with Crippen molar-refractivity contribution in [2.24, 2.45) is 0 Å². The van der Waals surface area contributed by atoms with Crippen LogP contribution in [0, 0.1) is 0 Å². The van der Waals surface area contributed by atoms with E-state index in [0.29, 0.717) is 19.4 Å². The first-order chi connectivity index (χ1) is 15.0. The number of carboxylic acid groups (broad SMARTS) is 1. The number of carboxylic acids is 1. The van der Waals surface area contributed by atoms with Crippen LogP contribution >= 0.6 is 0 Å². The van der Waals surface area contributed by atoms with E-state index in [-0.39, 0.29) is 5.91 Å². The highest BCUT2D eigenvalue weighted by Gasteiger charge is 2.18. The van der Waals surface area contributed by atoms with Gasteiger partial charge in [0, 0.05) is 13.0 Å². The molecule has 0 rings (SSSR count). The molecule has 5 nitrogen and oxygen atoms in total. The highest BCUT2D eigenvalue weighted by Crippen LogP contribution is 2.10. The molecule has 182 valence electrons. The molecule has 0 heterocycles. The minimum absolute atomic E-state index is 0.122. The molecule has 0 aromatic heterocycles. The van der Waals surface area contributed by atoms with Gasteiger partial charge in [-0.05, 0) is 65.5 Å². The first-order valence-electron chi connectivity index (χ1n) is 12.8. The molecule has 0 aromatic carbocycles. The molecule has 0 aliphatic carbocycles. The molecule has 0 aliphatic rings. The summed E-state index contributed by atoms with van der Waals surface area (Å²) >= 11 is 0. The zero-order valence-electron chi connectivity index (χ0n) is 20.7. The lowest BCUT2D eigenvalue weighted by atomic mass is 10.1. The van der Waals surface area contributed by atoms with Crippen LogP contribution in [0.3, 0.4) is 0 Å². The fourth-order valence-corrected chi connectivity index (χ4v) is 3.74. The van der Waals surface area contributed by atoms with Crippen molar-refractivity contribution < 1.29 is 14.7 Å². The first-order valence-corrected chi connectivity index (χ1v) is 12.8. The lowest BCUT2D eigenvalue weighted by Crippen LogP contribution is -2.35. The maximum absolute atomic E-state index is 11.9. The molecule has 1 atom stereocenters. The van der Waals surface area contributed by atoms with E-state index in [1.54, 1.807) is 19.0 Å². The SMILES string of the molecule is CCCCCCCCC/C=C/CCCCCCC(=O)NCCCC[C@@H](C(=O)O)N(C)C. The number of nitrogens with one attached hydrogen (secondary N) is 1. The fourth-order valence-electron chi connectivity index (χ4n) is 3.74. The van der Waals surface area contributed by atoms with Crippen LogP contribution in [-0.4, -0.2) is 48.6 Å². The summed E-state index contributed by atoms with van der Waals surface area (Å²) in [4.78, 5) is 24.7. The van der Waals surface area contributed by atoms with Gasteiger partial charge in [-0.15, -0.1) is 0 Å². The molecule has 0 radical (unpaired) electrons. The van der Waals surface area contributed by atoms with Gasteiger partial charge in [-0.25, -0.2) is 0 Å². The molecule has 0 fully saturated rings. The molecule has 1 amide bonds. The lowest BCUT2D eigenvalue weighted by molar-refractivity contribution is -0.142. The van der Waals surface area contributed by atoms with E-state index in [9.17, 15) is 9.59 Å². The van der Waals surface area contributed by atoms with E-state index in [1.165, 1.54) is 64.2 Å². The Morgan fingerprint density at radius 3 is 1.90 bits per heavy atom. The molecule has 5 heteroatoms. The minimum atomic E-state index is -0.780. The summed E-state index contributed by atoms with van der Waals surface area (Å²) in [6, 6.07) is -0.439. The maximum atomic E-state index is 11.9. The summed E-state index contributed by atoms with van der Waals surface area (Å²) in [5.74, 6) is -0.658. The van der Waals surface area contributed by atoms with Gasteiger partial charge in [0.1, 0.15) is 6.04 Å². The molecule has 0 spiro atoms. The van der Waals surface area contributed by atoms with Gasteiger partial charge >= 0.3 is 5.97 Å². The number of allylic oxidation sites excluding steroid dienone is 2. The molecule has 0 unspecified atom stereocenters. The van der Waals surface area contributed by atoms with Crippen molar-refractivity contribution in [1.82, 2.24) is 10.2 Å². The van der Waals surface area contributed by atoms with E-state index in [0.717, 1.165) is 32.1 Å². The smallest absolute Gasteiger partial charge is 0.320 e. The van der Waals surface area contributed by atoms with E-state index in [2.05, 4.69) is 24.4 Å². The Balaban J connectivity index is 3.40. The average Bonchev–Trinajstić information content (AvgIpc) is 2.72. The van der Waals surface area contributed by atoms with Gasteiger partial charge in [0.2, 0.25) is 5.91 Å². The first kappa shape index (κ1) is 29.6. The van der Waals surface area contributed by atoms with E-state index in [4.69, 9.17) is 5.11 Å². The second kappa shape index (κ2) is 21.9. The van der Waals surface area contributed by atoms with Crippen LogP contribution < -0.4 is 5.32 Å². The molecular weight excluding hydrogens is 388 g/mol. The topological polar surface area (TPSA) is 69.6 Å². The number of carbonyl (C=O) groups is 2. The molecular formula is C26H50N2O3. The maximum Gasteiger partial charge on any atom is 0.320 e. The number of rotatable bonds is 22. The quantitative estimate of drug-likeness (QED) is 0.153. The number of aliphatic carboxylic acids is 1. The predicted octanol–water partition coefficient (Wildman–Crippen LogP) is 6.33. The summed E-state index contributed by atoms with van der Waals surface area (Å²) in [5.41, 5.74) is 0. The average molecular weight is 439 g/mol. The van der Waals surface area contributed by atoms with Gasteiger partial charge in [0.05, 0.1) is 0 Å².